The fourth-order valence-corrected chi connectivity index (χ4v) is 6.15. The molecule has 34 heavy (non-hydrogen) atoms. The summed E-state index contributed by atoms with van der Waals surface area (Å²) in [5.74, 6) is -0.249. The summed E-state index contributed by atoms with van der Waals surface area (Å²) in [6.45, 7) is 5.44. The predicted molar refractivity (Wildman–Crippen MR) is 137 cm³/mol. The molecule has 3 fully saturated rings. The van der Waals surface area contributed by atoms with Gasteiger partial charge in [0.15, 0.2) is 5.17 Å². The standard InChI is InChI=1S/C24H30FN5O2S2/c25-18-6-5-17(15-21-22(33)27-23(34-21)30-12-2-1-9-26-30)20(16-18)32-24(31)29-13-7-19(8-14-29)28-10-3-4-11-28/h5-6,15-16,19,26H,1-4,7-14H2. The molecule has 1 amide bonds. The molecule has 5 rings (SSSR count). The van der Waals surface area contributed by atoms with Crippen LogP contribution in [0.15, 0.2) is 28.1 Å². The molecule has 0 aromatic heterocycles. The zero-order chi connectivity index (χ0) is 23.5. The molecule has 4 heterocycles. The number of piperidine rings is 1. The highest BCUT2D eigenvalue weighted by Crippen LogP contribution is 2.34. The molecule has 0 radical (unpaired) electrons. The predicted octanol–water partition coefficient (Wildman–Crippen LogP) is 4.26. The van der Waals surface area contributed by atoms with Gasteiger partial charge >= 0.3 is 6.09 Å². The van der Waals surface area contributed by atoms with Crippen LogP contribution in [0.25, 0.3) is 6.08 Å². The van der Waals surface area contributed by atoms with Crippen LogP contribution in [0.5, 0.6) is 5.75 Å². The van der Waals surface area contributed by atoms with Crippen LogP contribution in [0.4, 0.5) is 9.18 Å². The minimum atomic E-state index is -0.450. The molecule has 0 spiro atoms. The number of halogens is 1. The number of carbonyl (C=O) groups is 1. The second-order valence-electron chi connectivity index (χ2n) is 9.09. The Labute approximate surface area is 209 Å². The van der Waals surface area contributed by atoms with Gasteiger partial charge in [-0.2, -0.15) is 0 Å². The van der Waals surface area contributed by atoms with Gasteiger partial charge in [0.1, 0.15) is 16.6 Å². The molecule has 4 aliphatic rings. The molecular formula is C24H30FN5O2S2. The number of hydrogen-bond donors (Lipinski definition) is 1. The van der Waals surface area contributed by atoms with Gasteiger partial charge in [-0.1, -0.05) is 12.2 Å². The third kappa shape index (κ3) is 5.45. The molecule has 0 atom stereocenters. The minimum Gasteiger partial charge on any atom is -0.409 e. The van der Waals surface area contributed by atoms with Crippen LogP contribution in [0.1, 0.15) is 44.1 Å². The summed E-state index contributed by atoms with van der Waals surface area (Å²) in [7, 11) is 0. The number of carbonyl (C=O) groups excluding carboxylic acids is 1. The van der Waals surface area contributed by atoms with E-state index in [4.69, 9.17) is 17.0 Å². The molecule has 0 unspecified atom stereocenters. The third-order valence-electron chi connectivity index (χ3n) is 6.79. The van der Waals surface area contributed by atoms with Gasteiger partial charge in [0.25, 0.3) is 0 Å². The first kappa shape index (κ1) is 23.7. The maximum atomic E-state index is 14.1. The fraction of sp³-hybridized carbons (Fsp3) is 0.542. The summed E-state index contributed by atoms with van der Waals surface area (Å²) >= 11 is 6.95. The van der Waals surface area contributed by atoms with E-state index in [2.05, 4.69) is 15.3 Å². The van der Waals surface area contributed by atoms with Crippen LogP contribution in [-0.4, -0.2) is 76.4 Å². The zero-order valence-electron chi connectivity index (χ0n) is 19.2. The van der Waals surface area contributed by atoms with Crippen molar-refractivity contribution in [3.05, 3.63) is 34.5 Å². The molecule has 0 aliphatic carbocycles. The van der Waals surface area contributed by atoms with E-state index in [9.17, 15) is 9.18 Å². The highest BCUT2D eigenvalue weighted by atomic mass is 32.2. The van der Waals surface area contributed by atoms with Crippen molar-refractivity contribution in [2.75, 3.05) is 39.3 Å². The highest BCUT2D eigenvalue weighted by Gasteiger charge is 2.30. The second kappa shape index (κ2) is 10.7. The molecule has 1 N–H and O–H groups in total. The summed E-state index contributed by atoms with van der Waals surface area (Å²) in [4.78, 5) is 23.0. The number of amidine groups is 1. The number of thiocarbonyl (C=S) groups is 1. The van der Waals surface area contributed by atoms with Gasteiger partial charge in [-0.05, 0) is 81.6 Å². The Morgan fingerprint density at radius 3 is 2.65 bits per heavy atom. The van der Waals surface area contributed by atoms with Gasteiger partial charge in [-0.25, -0.2) is 19.6 Å². The van der Waals surface area contributed by atoms with Crippen molar-refractivity contribution in [1.29, 1.82) is 0 Å². The van der Waals surface area contributed by atoms with E-state index in [-0.39, 0.29) is 5.75 Å². The summed E-state index contributed by atoms with van der Waals surface area (Å²) in [5, 5.41) is 2.84. The van der Waals surface area contributed by atoms with E-state index in [1.54, 1.807) is 11.0 Å². The number of nitrogens with one attached hydrogen (secondary N) is 1. The number of aliphatic imine (C=N–C) groups is 1. The number of hydrazine groups is 1. The van der Waals surface area contributed by atoms with Crippen LogP contribution in [-0.2, 0) is 0 Å². The number of benzene rings is 1. The van der Waals surface area contributed by atoms with Crippen molar-refractivity contribution >= 4 is 46.3 Å². The molecule has 1 aromatic carbocycles. The molecule has 3 saturated heterocycles. The number of likely N-dealkylation sites (tertiary alicyclic amines) is 2. The van der Waals surface area contributed by atoms with Crippen molar-refractivity contribution in [3.8, 4) is 5.75 Å². The monoisotopic (exact) mass is 503 g/mol. The van der Waals surface area contributed by atoms with Gasteiger partial charge in [-0.3, -0.25) is 5.01 Å². The van der Waals surface area contributed by atoms with Crippen molar-refractivity contribution in [3.63, 3.8) is 0 Å². The Balaban J connectivity index is 1.24. The second-order valence-corrected chi connectivity index (χ2v) is 10.5. The van der Waals surface area contributed by atoms with Gasteiger partial charge in [0.05, 0.1) is 4.91 Å². The van der Waals surface area contributed by atoms with Crippen LogP contribution >= 0.6 is 24.0 Å². The fourth-order valence-electron chi connectivity index (χ4n) is 4.90. The lowest BCUT2D eigenvalue weighted by Gasteiger charge is -2.36. The van der Waals surface area contributed by atoms with Gasteiger partial charge < -0.3 is 14.5 Å². The number of nitrogens with zero attached hydrogens (tertiary/aromatic N) is 4. The van der Waals surface area contributed by atoms with E-state index < -0.39 is 11.9 Å². The average Bonchev–Trinajstić information content (AvgIpc) is 3.52. The smallest absolute Gasteiger partial charge is 0.409 e. The summed E-state index contributed by atoms with van der Waals surface area (Å²) in [6.07, 6.45) is 8.07. The molecule has 7 nitrogen and oxygen atoms in total. The van der Waals surface area contributed by atoms with Crippen molar-refractivity contribution < 1.29 is 13.9 Å². The van der Waals surface area contributed by atoms with Crippen LogP contribution in [0.3, 0.4) is 0 Å². The lowest BCUT2D eigenvalue weighted by Crippen LogP contribution is -2.46. The van der Waals surface area contributed by atoms with E-state index in [0.717, 1.165) is 61.9 Å². The first-order chi connectivity index (χ1) is 16.6. The third-order valence-corrected chi connectivity index (χ3v) is 8.26. The number of thioether (sulfide) groups is 1. The van der Waals surface area contributed by atoms with Gasteiger partial charge in [-0.15, -0.1) is 0 Å². The topological polar surface area (TPSA) is 60.4 Å². The molecule has 0 bridgehead atoms. The minimum absolute atomic E-state index is 0.201. The molecule has 10 heteroatoms. The van der Waals surface area contributed by atoms with Gasteiger partial charge in [0.2, 0.25) is 0 Å². The normalized spacial score (nSPS) is 23.6. The lowest BCUT2D eigenvalue weighted by atomic mass is 10.0. The average molecular weight is 504 g/mol. The van der Waals surface area contributed by atoms with Crippen LogP contribution in [0.2, 0.25) is 0 Å². The molecule has 4 aliphatic heterocycles. The molecule has 182 valence electrons. The Bertz CT molecular complexity index is 997. The number of ether oxygens (including phenoxy) is 1. The quantitative estimate of drug-likeness (QED) is 0.489. The van der Waals surface area contributed by atoms with E-state index >= 15 is 0 Å². The zero-order valence-corrected chi connectivity index (χ0v) is 20.8. The largest absolute Gasteiger partial charge is 0.415 e. The van der Waals surface area contributed by atoms with Crippen molar-refractivity contribution in [1.82, 2.24) is 20.2 Å². The van der Waals surface area contributed by atoms with E-state index in [0.29, 0.717) is 29.7 Å². The maximum absolute atomic E-state index is 14.1. The van der Waals surface area contributed by atoms with E-state index in [1.165, 1.54) is 36.7 Å². The Hall–Kier alpha value is -2.01. The molecule has 1 aromatic rings. The molecule has 0 saturated carbocycles. The van der Waals surface area contributed by atoms with Crippen LogP contribution in [0, 0.1) is 5.82 Å². The summed E-state index contributed by atoms with van der Waals surface area (Å²) in [6, 6.07) is 4.79. The maximum Gasteiger partial charge on any atom is 0.415 e. The van der Waals surface area contributed by atoms with Crippen LogP contribution < -0.4 is 10.2 Å². The number of hydrogen-bond acceptors (Lipinski definition) is 7. The summed E-state index contributed by atoms with van der Waals surface area (Å²) < 4.78 is 19.8. The summed E-state index contributed by atoms with van der Waals surface area (Å²) in [5.41, 5.74) is 3.94. The number of amides is 1. The number of rotatable bonds is 3. The lowest BCUT2D eigenvalue weighted by molar-refractivity contribution is 0.109. The van der Waals surface area contributed by atoms with Crippen molar-refractivity contribution in [2.45, 2.75) is 44.6 Å². The van der Waals surface area contributed by atoms with E-state index in [1.807, 2.05) is 11.1 Å². The Kier molecular flexibility index (Phi) is 7.48. The SMILES string of the molecule is O=C(Oc1cc(F)ccc1C=C1SC(N2CCCCN2)=NC1=S)N1CCC(N2CCCC2)CC1. The Morgan fingerprint density at radius 1 is 1.15 bits per heavy atom. The highest BCUT2D eigenvalue weighted by molar-refractivity contribution is 8.19. The Morgan fingerprint density at radius 2 is 1.91 bits per heavy atom. The first-order valence-corrected chi connectivity index (χ1v) is 13.3. The van der Waals surface area contributed by atoms with Gasteiger partial charge in [0, 0.05) is 43.9 Å². The molecular weight excluding hydrogens is 473 g/mol. The van der Waals surface area contributed by atoms with Crippen molar-refractivity contribution in [2.24, 2.45) is 4.99 Å². The first-order valence-electron chi connectivity index (χ1n) is 12.1.